The molecular formula is C18H17BrClNO4. The van der Waals surface area contributed by atoms with Crippen molar-refractivity contribution in [1.82, 2.24) is 5.32 Å². The third kappa shape index (κ3) is 5.21. The number of esters is 1. The summed E-state index contributed by atoms with van der Waals surface area (Å²) in [7, 11) is 2.80. The molecule has 0 saturated heterocycles. The molecular weight excluding hydrogens is 410 g/mol. The van der Waals surface area contributed by atoms with E-state index < -0.39 is 12.0 Å². The third-order valence-electron chi connectivity index (χ3n) is 3.53. The lowest BCUT2D eigenvalue weighted by Gasteiger charge is -2.17. The van der Waals surface area contributed by atoms with Crippen LogP contribution in [0.3, 0.4) is 0 Å². The van der Waals surface area contributed by atoms with Crippen molar-refractivity contribution in [1.29, 1.82) is 0 Å². The van der Waals surface area contributed by atoms with Crippen molar-refractivity contribution in [2.45, 2.75) is 12.5 Å². The van der Waals surface area contributed by atoms with E-state index in [4.69, 9.17) is 21.1 Å². The molecule has 0 aromatic heterocycles. The van der Waals surface area contributed by atoms with Gasteiger partial charge < -0.3 is 14.8 Å². The average Bonchev–Trinajstić information content (AvgIpc) is 2.60. The fourth-order valence-corrected chi connectivity index (χ4v) is 2.96. The Morgan fingerprint density at radius 2 is 1.96 bits per heavy atom. The van der Waals surface area contributed by atoms with Crippen LogP contribution in [0.25, 0.3) is 0 Å². The van der Waals surface area contributed by atoms with Crippen molar-refractivity contribution in [3.8, 4) is 5.75 Å². The maximum absolute atomic E-state index is 12.4. The Balaban J connectivity index is 2.17. The standard InChI is InChI=1S/C18H17BrClNO4/c1-24-16-7-6-11(8-14(16)20)9-15(18(23)25-2)21-17(22)12-4-3-5-13(19)10-12/h3-8,10,15H,9H2,1-2H3,(H,21,22)/t15-/m1/s1. The Morgan fingerprint density at radius 1 is 1.20 bits per heavy atom. The first-order valence-electron chi connectivity index (χ1n) is 7.41. The number of hydrogen-bond donors (Lipinski definition) is 1. The van der Waals surface area contributed by atoms with Gasteiger partial charge in [-0.15, -0.1) is 0 Å². The average molecular weight is 427 g/mol. The molecule has 0 aliphatic rings. The minimum atomic E-state index is -0.832. The van der Waals surface area contributed by atoms with Gasteiger partial charge in [0, 0.05) is 16.5 Å². The fourth-order valence-electron chi connectivity index (χ4n) is 2.28. The van der Waals surface area contributed by atoms with E-state index in [0.717, 1.165) is 10.0 Å². The van der Waals surface area contributed by atoms with Gasteiger partial charge in [0.15, 0.2) is 0 Å². The largest absolute Gasteiger partial charge is 0.495 e. The number of methoxy groups -OCH3 is 2. The first kappa shape index (κ1) is 19.3. The van der Waals surface area contributed by atoms with Crippen LogP contribution in [0.4, 0.5) is 0 Å². The second kappa shape index (κ2) is 8.87. The number of carbonyl (C=O) groups excluding carboxylic acids is 2. The minimum absolute atomic E-state index is 0.246. The summed E-state index contributed by atoms with van der Waals surface area (Å²) in [5, 5.41) is 3.13. The number of amides is 1. The molecule has 25 heavy (non-hydrogen) atoms. The summed E-state index contributed by atoms with van der Waals surface area (Å²) in [6.07, 6.45) is 0.246. The zero-order valence-corrected chi connectivity index (χ0v) is 16.1. The molecule has 0 unspecified atom stereocenters. The summed E-state index contributed by atoms with van der Waals surface area (Å²) in [6.45, 7) is 0. The van der Waals surface area contributed by atoms with Gasteiger partial charge in [-0.1, -0.05) is 39.7 Å². The summed E-state index contributed by atoms with van der Waals surface area (Å²) in [5.41, 5.74) is 1.21. The molecule has 2 aromatic carbocycles. The zero-order chi connectivity index (χ0) is 18.4. The van der Waals surface area contributed by atoms with E-state index in [2.05, 4.69) is 21.2 Å². The Kier molecular flexibility index (Phi) is 6.84. The van der Waals surface area contributed by atoms with E-state index in [-0.39, 0.29) is 12.3 Å². The third-order valence-corrected chi connectivity index (χ3v) is 4.32. The van der Waals surface area contributed by atoms with Crippen LogP contribution in [0.2, 0.25) is 5.02 Å². The summed E-state index contributed by atoms with van der Waals surface area (Å²) in [5.74, 6) is -0.357. The van der Waals surface area contributed by atoms with Gasteiger partial charge in [0.2, 0.25) is 0 Å². The SMILES string of the molecule is COC(=O)[C@@H](Cc1ccc(OC)c(Cl)c1)NC(=O)c1cccc(Br)c1. The second-order valence-electron chi connectivity index (χ2n) is 5.23. The summed E-state index contributed by atoms with van der Waals surface area (Å²) < 4.78 is 10.7. The fraction of sp³-hybridized carbons (Fsp3) is 0.222. The number of rotatable bonds is 6. The number of halogens is 2. The molecule has 7 heteroatoms. The molecule has 1 N–H and O–H groups in total. The quantitative estimate of drug-likeness (QED) is 0.717. The van der Waals surface area contributed by atoms with Crippen LogP contribution in [0.1, 0.15) is 15.9 Å². The topological polar surface area (TPSA) is 64.6 Å². The first-order chi connectivity index (χ1) is 11.9. The first-order valence-corrected chi connectivity index (χ1v) is 8.58. The molecule has 2 aromatic rings. The number of benzene rings is 2. The van der Waals surface area contributed by atoms with Gasteiger partial charge in [0.25, 0.3) is 5.91 Å². The molecule has 5 nitrogen and oxygen atoms in total. The highest BCUT2D eigenvalue weighted by Crippen LogP contribution is 2.25. The molecule has 0 spiro atoms. The Bertz CT molecular complexity index is 781. The van der Waals surface area contributed by atoms with Gasteiger partial charge in [-0.05, 0) is 35.9 Å². The predicted octanol–water partition coefficient (Wildman–Crippen LogP) is 3.63. The number of hydrogen-bond acceptors (Lipinski definition) is 4. The van der Waals surface area contributed by atoms with E-state index in [1.165, 1.54) is 14.2 Å². The van der Waals surface area contributed by atoms with Crippen molar-refractivity contribution in [3.05, 3.63) is 63.1 Å². The van der Waals surface area contributed by atoms with Gasteiger partial charge in [-0.2, -0.15) is 0 Å². The normalized spacial score (nSPS) is 11.5. The van der Waals surface area contributed by atoms with Crippen LogP contribution in [0.15, 0.2) is 46.9 Å². The molecule has 0 aliphatic heterocycles. The summed E-state index contributed by atoms with van der Waals surface area (Å²) in [4.78, 5) is 24.5. The molecule has 1 atom stereocenters. The van der Waals surface area contributed by atoms with Gasteiger partial charge in [0.05, 0.1) is 19.2 Å². The molecule has 0 heterocycles. The van der Waals surface area contributed by atoms with E-state index in [1.807, 2.05) is 6.07 Å². The molecule has 0 radical (unpaired) electrons. The van der Waals surface area contributed by atoms with E-state index in [9.17, 15) is 9.59 Å². The van der Waals surface area contributed by atoms with E-state index >= 15 is 0 Å². The minimum Gasteiger partial charge on any atom is -0.495 e. The maximum atomic E-state index is 12.4. The van der Waals surface area contributed by atoms with Crippen LogP contribution in [0.5, 0.6) is 5.75 Å². The van der Waals surface area contributed by atoms with Crippen molar-refractivity contribution < 1.29 is 19.1 Å². The van der Waals surface area contributed by atoms with Crippen LogP contribution >= 0.6 is 27.5 Å². The molecule has 2 rings (SSSR count). The molecule has 1 amide bonds. The van der Waals surface area contributed by atoms with Crippen molar-refractivity contribution in [2.75, 3.05) is 14.2 Å². The number of carbonyl (C=O) groups is 2. The lowest BCUT2D eigenvalue weighted by atomic mass is 10.0. The molecule has 0 aliphatic carbocycles. The van der Waals surface area contributed by atoms with Gasteiger partial charge in [-0.25, -0.2) is 4.79 Å². The van der Waals surface area contributed by atoms with Gasteiger partial charge in [-0.3, -0.25) is 4.79 Å². The van der Waals surface area contributed by atoms with E-state index in [0.29, 0.717) is 16.3 Å². The number of nitrogens with one attached hydrogen (secondary N) is 1. The van der Waals surface area contributed by atoms with Crippen molar-refractivity contribution >= 4 is 39.4 Å². The van der Waals surface area contributed by atoms with Gasteiger partial charge >= 0.3 is 5.97 Å². The summed E-state index contributed by atoms with van der Waals surface area (Å²) >= 11 is 9.43. The highest BCUT2D eigenvalue weighted by Gasteiger charge is 2.23. The van der Waals surface area contributed by atoms with Gasteiger partial charge in [0.1, 0.15) is 11.8 Å². The van der Waals surface area contributed by atoms with E-state index in [1.54, 1.807) is 36.4 Å². The van der Waals surface area contributed by atoms with Crippen LogP contribution in [-0.2, 0) is 16.0 Å². The molecule has 0 fully saturated rings. The molecule has 132 valence electrons. The Labute approximate surface area is 159 Å². The van der Waals surface area contributed by atoms with Crippen LogP contribution in [0, 0.1) is 0 Å². The maximum Gasteiger partial charge on any atom is 0.328 e. The monoisotopic (exact) mass is 425 g/mol. The number of ether oxygens (including phenoxy) is 2. The lowest BCUT2D eigenvalue weighted by molar-refractivity contribution is -0.142. The predicted molar refractivity (Wildman–Crippen MR) is 99.1 cm³/mol. The van der Waals surface area contributed by atoms with Crippen LogP contribution in [-0.4, -0.2) is 32.1 Å². The Morgan fingerprint density at radius 3 is 2.56 bits per heavy atom. The van der Waals surface area contributed by atoms with Crippen molar-refractivity contribution in [3.63, 3.8) is 0 Å². The second-order valence-corrected chi connectivity index (χ2v) is 6.56. The Hall–Kier alpha value is -2.05. The highest BCUT2D eigenvalue weighted by atomic mass is 79.9. The molecule has 0 bridgehead atoms. The van der Waals surface area contributed by atoms with Crippen LogP contribution < -0.4 is 10.1 Å². The smallest absolute Gasteiger partial charge is 0.328 e. The lowest BCUT2D eigenvalue weighted by Crippen LogP contribution is -2.43. The van der Waals surface area contributed by atoms with Crippen molar-refractivity contribution in [2.24, 2.45) is 0 Å². The zero-order valence-electron chi connectivity index (χ0n) is 13.7. The molecule has 0 saturated carbocycles. The highest BCUT2D eigenvalue weighted by molar-refractivity contribution is 9.10. The summed E-state index contributed by atoms with van der Waals surface area (Å²) in [6, 6.07) is 11.3.